The predicted molar refractivity (Wildman–Crippen MR) is 114 cm³/mol. The van der Waals surface area contributed by atoms with Gasteiger partial charge < -0.3 is 26.2 Å². The molecule has 2 nitrogen and oxygen atoms in total. The zero-order chi connectivity index (χ0) is 19.1. The van der Waals surface area contributed by atoms with Crippen molar-refractivity contribution < 1.29 is 26.2 Å². The number of aryl methyl sites for hydroxylation is 2. The summed E-state index contributed by atoms with van der Waals surface area (Å²) >= 11 is 0. The van der Waals surface area contributed by atoms with Crippen LogP contribution in [0.4, 0.5) is 0 Å². The van der Waals surface area contributed by atoms with Gasteiger partial charge in [0.25, 0.3) is 0 Å². The Balaban J connectivity index is 0.00000280. The van der Waals surface area contributed by atoms with Crippen LogP contribution in [-0.4, -0.2) is 30.2 Å². The van der Waals surface area contributed by atoms with Gasteiger partial charge in [0.1, 0.15) is 24.9 Å². The van der Waals surface area contributed by atoms with Crippen molar-refractivity contribution in [3.63, 3.8) is 0 Å². The fourth-order valence-corrected chi connectivity index (χ4v) is 4.68. The normalized spacial score (nSPS) is 17.7. The molecular formula is C25H36BrNO. The summed E-state index contributed by atoms with van der Waals surface area (Å²) in [5, 5.41) is 0. The van der Waals surface area contributed by atoms with Gasteiger partial charge in [0, 0.05) is 5.56 Å². The Bertz CT molecular complexity index is 687. The first-order valence-corrected chi connectivity index (χ1v) is 10.7. The fourth-order valence-electron chi connectivity index (χ4n) is 4.68. The van der Waals surface area contributed by atoms with Crippen LogP contribution >= 0.6 is 0 Å². The maximum atomic E-state index is 6.50. The van der Waals surface area contributed by atoms with Crippen molar-refractivity contribution in [3.05, 3.63) is 65.2 Å². The van der Waals surface area contributed by atoms with E-state index in [4.69, 9.17) is 4.74 Å². The van der Waals surface area contributed by atoms with Crippen LogP contribution in [-0.2, 0) is 6.54 Å². The predicted octanol–water partition coefficient (Wildman–Crippen LogP) is 3.06. The molecule has 2 aromatic rings. The highest BCUT2D eigenvalue weighted by molar-refractivity contribution is 5.39. The van der Waals surface area contributed by atoms with E-state index in [1.807, 2.05) is 0 Å². The molecule has 0 amide bonds. The second kappa shape index (κ2) is 11.0. The van der Waals surface area contributed by atoms with Gasteiger partial charge >= 0.3 is 0 Å². The molecule has 3 rings (SSSR count). The van der Waals surface area contributed by atoms with Crippen molar-refractivity contribution >= 4 is 0 Å². The van der Waals surface area contributed by atoms with Crippen LogP contribution in [0.15, 0.2) is 48.5 Å². The number of rotatable bonds is 6. The maximum Gasteiger partial charge on any atom is 0.145 e. The number of quaternary nitrogens is 1. The minimum Gasteiger partial charge on any atom is -1.00 e. The highest BCUT2D eigenvalue weighted by atomic mass is 79.9. The molecule has 1 heterocycles. The highest BCUT2D eigenvalue weighted by Gasteiger charge is 2.31. The van der Waals surface area contributed by atoms with Crippen LogP contribution in [0.2, 0.25) is 0 Å². The lowest BCUT2D eigenvalue weighted by molar-refractivity contribution is -0.944. The van der Waals surface area contributed by atoms with E-state index in [1.54, 1.807) is 0 Å². The molecule has 1 fully saturated rings. The van der Waals surface area contributed by atoms with Gasteiger partial charge in [-0.15, -0.1) is 0 Å². The summed E-state index contributed by atoms with van der Waals surface area (Å²) in [6, 6.07) is 17.5. The van der Waals surface area contributed by atoms with Crippen molar-refractivity contribution in [3.8, 4) is 5.75 Å². The van der Waals surface area contributed by atoms with Crippen LogP contribution < -0.4 is 21.7 Å². The second-order valence-corrected chi connectivity index (χ2v) is 8.53. The molecule has 0 aromatic heterocycles. The Kier molecular flexibility index (Phi) is 9.04. The highest BCUT2D eigenvalue weighted by Crippen LogP contribution is 2.27. The van der Waals surface area contributed by atoms with E-state index in [-0.39, 0.29) is 23.1 Å². The summed E-state index contributed by atoms with van der Waals surface area (Å²) in [7, 11) is 0. The minimum atomic E-state index is 0. The number of likely N-dealkylation sites (tertiary alicyclic amines) is 1. The average molecular weight is 446 g/mol. The Hall–Kier alpha value is -1.32. The third-order valence-electron chi connectivity index (χ3n) is 6.00. The number of hydrogen-bond donors (Lipinski definition) is 0. The standard InChI is InChI=1S/C25H36NO.BrH/c1-21-13-12-14-22(2)25(21)27-23(3)19-26(17-10-5-4-6-11-18-26)20-24-15-8-7-9-16-24;/h7-9,12-16,23H,4-6,10-11,17-20H2,1-3H3;1H/q+1;/p-1/t23-;/m0./s1. The zero-order valence-electron chi connectivity index (χ0n) is 17.8. The van der Waals surface area contributed by atoms with Gasteiger partial charge in [0.05, 0.1) is 13.1 Å². The van der Waals surface area contributed by atoms with Gasteiger partial charge in [-0.1, -0.05) is 55.0 Å². The molecule has 1 saturated heterocycles. The van der Waals surface area contributed by atoms with Crippen LogP contribution in [0.25, 0.3) is 0 Å². The van der Waals surface area contributed by atoms with Gasteiger partial charge in [0.15, 0.2) is 0 Å². The molecule has 0 bridgehead atoms. The zero-order valence-corrected chi connectivity index (χ0v) is 19.4. The Morgan fingerprint density at radius 2 is 1.39 bits per heavy atom. The quantitative estimate of drug-likeness (QED) is 0.620. The number of halogens is 1. The van der Waals surface area contributed by atoms with Crippen molar-refractivity contribution in [1.82, 2.24) is 0 Å². The molecule has 154 valence electrons. The molecule has 0 N–H and O–H groups in total. The first-order valence-electron chi connectivity index (χ1n) is 10.7. The number of hydrogen-bond acceptors (Lipinski definition) is 1. The maximum absolute atomic E-state index is 6.50. The summed E-state index contributed by atoms with van der Waals surface area (Å²) in [6.07, 6.45) is 7.04. The lowest BCUT2D eigenvalue weighted by Crippen LogP contribution is -3.00. The van der Waals surface area contributed by atoms with E-state index in [0.717, 1.165) is 23.3 Å². The van der Waals surface area contributed by atoms with E-state index >= 15 is 0 Å². The summed E-state index contributed by atoms with van der Waals surface area (Å²) in [4.78, 5) is 0. The third-order valence-corrected chi connectivity index (χ3v) is 6.00. The number of benzene rings is 2. The summed E-state index contributed by atoms with van der Waals surface area (Å²) in [5.41, 5.74) is 3.94. The summed E-state index contributed by atoms with van der Waals surface area (Å²) < 4.78 is 7.66. The van der Waals surface area contributed by atoms with Gasteiger partial charge in [-0.25, -0.2) is 0 Å². The van der Waals surface area contributed by atoms with Gasteiger partial charge in [-0.05, 0) is 57.6 Å². The largest absolute Gasteiger partial charge is 1.00 e. The first kappa shape index (κ1) is 23.0. The van der Waals surface area contributed by atoms with Crippen LogP contribution in [0.3, 0.4) is 0 Å². The van der Waals surface area contributed by atoms with Crippen LogP contribution in [0.5, 0.6) is 5.75 Å². The van der Waals surface area contributed by atoms with Gasteiger partial charge in [-0.3, -0.25) is 0 Å². The number of nitrogens with zero attached hydrogens (tertiary/aromatic N) is 1. The molecular weight excluding hydrogens is 410 g/mol. The number of ether oxygens (including phenoxy) is 1. The SMILES string of the molecule is Cc1cccc(C)c1O[C@@H](C)C[N+]1(Cc2ccccc2)CCCCCCC1.[Br-]. The smallest absolute Gasteiger partial charge is 0.145 e. The van der Waals surface area contributed by atoms with E-state index < -0.39 is 0 Å². The minimum absolute atomic E-state index is 0. The molecule has 0 aliphatic carbocycles. The first-order chi connectivity index (χ1) is 13.1. The molecule has 1 aliphatic heterocycles. The molecule has 28 heavy (non-hydrogen) atoms. The van der Waals surface area contributed by atoms with E-state index in [9.17, 15) is 0 Å². The van der Waals surface area contributed by atoms with Crippen molar-refractivity contribution in [2.45, 2.75) is 65.5 Å². The molecule has 0 unspecified atom stereocenters. The average Bonchev–Trinajstić information content (AvgIpc) is 2.63. The van der Waals surface area contributed by atoms with Crippen molar-refractivity contribution in [2.75, 3.05) is 19.6 Å². The summed E-state index contributed by atoms with van der Waals surface area (Å²) in [6.45, 7) is 11.3. The van der Waals surface area contributed by atoms with Gasteiger partial charge in [0.2, 0.25) is 0 Å². The fraction of sp³-hybridized carbons (Fsp3) is 0.520. The van der Waals surface area contributed by atoms with E-state index in [2.05, 4.69) is 69.3 Å². The third kappa shape index (κ3) is 6.35. The molecule has 1 aliphatic rings. The van der Waals surface area contributed by atoms with Gasteiger partial charge in [-0.2, -0.15) is 0 Å². The van der Waals surface area contributed by atoms with Crippen LogP contribution in [0, 0.1) is 13.8 Å². The van der Waals surface area contributed by atoms with E-state index in [1.165, 1.54) is 61.9 Å². The lowest BCUT2D eigenvalue weighted by atomic mass is 10.0. The summed E-state index contributed by atoms with van der Waals surface area (Å²) in [5.74, 6) is 1.08. The van der Waals surface area contributed by atoms with Crippen LogP contribution in [0.1, 0.15) is 55.7 Å². The Labute approximate surface area is 182 Å². The van der Waals surface area contributed by atoms with Crippen molar-refractivity contribution in [2.24, 2.45) is 0 Å². The molecule has 2 aromatic carbocycles. The van der Waals surface area contributed by atoms with E-state index in [0.29, 0.717) is 0 Å². The second-order valence-electron chi connectivity index (χ2n) is 8.53. The molecule has 1 atom stereocenters. The number of para-hydroxylation sites is 1. The monoisotopic (exact) mass is 445 g/mol. The lowest BCUT2D eigenvalue weighted by Gasteiger charge is -2.42. The molecule has 3 heteroatoms. The topological polar surface area (TPSA) is 9.23 Å². The molecule has 0 radical (unpaired) electrons. The molecule has 0 spiro atoms. The molecule has 0 saturated carbocycles. The Morgan fingerprint density at radius 1 is 0.821 bits per heavy atom. The van der Waals surface area contributed by atoms with Crippen molar-refractivity contribution in [1.29, 1.82) is 0 Å². The Morgan fingerprint density at radius 3 is 2.00 bits per heavy atom.